The van der Waals surface area contributed by atoms with E-state index in [0.29, 0.717) is 6.61 Å². The van der Waals surface area contributed by atoms with Gasteiger partial charge >= 0.3 is 0 Å². The van der Waals surface area contributed by atoms with Gasteiger partial charge in [0.25, 0.3) is 0 Å². The number of aliphatic hydroxyl groups is 1. The molecule has 1 rings (SSSR count). The second-order valence-corrected chi connectivity index (χ2v) is 3.68. The first-order chi connectivity index (χ1) is 6.14. The van der Waals surface area contributed by atoms with Crippen LogP contribution in [0, 0.1) is 0 Å². The molecule has 0 saturated carbocycles. The second-order valence-electron chi connectivity index (χ2n) is 3.68. The third-order valence-electron chi connectivity index (χ3n) is 1.99. The highest BCUT2D eigenvalue weighted by Gasteiger charge is 2.31. The minimum absolute atomic E-state index is 0.119. The van der Waals surface area contributed by atoms with Crippen LogP contribution in [0.15, 0.2) is 12.2 Å². The molecule has 1 fully saturated rings. The molecule has 1 saturated heterocycles. The molecule has 1 aliphatic rings. The first-order valence-corrected chi connectivity index (χ1v) is 4.72. The minimum atomic E-state index is -0.411. The number of aliphatic hydroxyl groups excluding tert-OH is 1. The van der Waals surface area contributed by atoms with E-state index in [1.807, 2.05) is 19.9 Å². The van der Waals surface area contributed by atoms with Gasteiger partial charge < -0.3 is 14.6 Å². The Hall–Kier alpha value is -0.380. The van der Waals surface area contributed by atoms with Crippen molar-refractivity contribution in [1.29, 1.82) is 0 Å². The Bertz CT molecular complexity index is 175. The molecule has 0 aliphatic carbocycles. The van der Waals surface area contributed by atoms with Crippen LogP contribution in [0.2, 0.25) is 0 Å². The standard InChI is InChI=1S/C10H18O3/c1-10(2)12-8-9(13-10)6-4-3-5-7-11/h3,5,9,11H,4,6-8H2,1-2H3/b5-3+. The van der Waals surface area contributed by atoms with Crippen LogP contribution in [0.3, 0.4) is 0 Å². The quantitative estimate of drug-likeness (QED) is 0.676. The Morgan fingerprint density at radius 1 is 1.46 bits per heavy atom. The summed E-state index contributed by atoms with van der Waals surface area (Å²) in [5, 5.41) is 8.50. The summed E-state index contributed by atoms with van der Waals surface area (Å²) in [6.45, 7) is 4.65. The number of hydrogen-bond acceptors (Lipinski definition) is 3. The van der Waals surface area contributed by atoms with E-state index in [0.717, 1.165) is 12.8 Å². The topological polar surface area (TPSA) is 38.7 Å². The summed E-state index contributed by atoms with van der Waals surface area (Å²) in [7, 11) is 0. The fourth-order valence-corrected chi connectivity index (χ4v) is 1.38. The van der Waals surface area contributed by atoms with E-state index in [1.54, 1.807) is 6.08 Å². The van der Waals surface area contributed by atoms with Crippen molar-refractivity contribution in [1.82, 2.24) is 0 Å². The summed E-state index contributed by atoms with van der Waals surface area (Å²) >= 11 is 0. The molecule has 0 aromatic rings. The maximum absolute atomic E-state index is 8.50. The van der Waals surface area contributed by atoms with E-state index in [4.69, 9.17) is 14.6 Å². The summed E-state index contributed by atoms with van der Waals surface area (Å²) in [5.74, 6) is -0.411. The monoisotopic (exact) mass is 186 g/mol. The first kappa shape index (κ1) is 10.7. The summed E-state index contributed by atoms with van der Waals surface area (Å²) in [5.41, 5.74) is 0. The molecule has 1 atom stereocenters. The fourth-order valence-electron chi connectivity index (χ4n) is 1.38. The first-order valence-electron chi connectivity index (χ1n) is 4.72. The Balaban J connectivity index is 2.14. The predicted octanol–water partition coefficient (Wildman–Crippen LogP) is 1.47. The smallest absolute Gasteiger partial charge is 0.163 e. The van der Waals surface area contributed by atoms with Crippen molar-refractivity contribution in [2.75, 3.05) is 13.2 Å². The highest BCUT2D eigenvalue weighted by molar-refractivity contribution is 4.83. The predicted molar refractivity (Wildman–Crippen MR) is 50.4 cm³/mol. The van der Waals surface area contributed by atoms with E-state index in [9.17, 15) is 0 Å². The molecule has 1 aliphatic heterocycles. The third kappa shape index (κ3) is 3.89. The number of hydrogen-bond donors (Lipinski definition) is 1. The van der Waals surface area contributed by atoms with Crippen LogP contribution in [0.5, 0.6) is 0 Å². The maximum Gasteiger partial charge on any atom is 0.163 e. The van der Waals surface area contributed by atoms with Crippen molar-refractivity contribution in [3.8, 4) is 0 Å². The molecule has 0 aromatic carbocycles. The molecule has 0 spiro atoms. The Morgan fingerprint density at radius 3 is 2.77 bits per heavy atom. The zero-order chi connectivity index (χ0) is 9.73. The molecule has 76 valence electrons. The van der Waals surface area contributed by atoms with E-state index in [2.05, 4.69) is 0 Å². The summed E-state index contributed by atoms with van der Waals surface area (Å²) < 4.78 is 11.0. The number of rotatable bonds is 4. The molecule has 3 nitrogen and oxygen atoms in total. The zero-order valence-corrected chi connectivity index (χ0v) is 8.32. The molecule has 0 bridgehead atoms. The van der Waals surface area contributed by atoms with E-state index >= 15 is 0 Å². The molecule has 1 N–H and O–H groups in total. The van der Waals surface area contributed by atoms with Gasteiger partial charge in [-0.05, 0) is 26.7 Å². The zero-order valence-electron chi connectivity index (χ0n) is 8.32. The van der Waals surface area contributed by atoms with Crippen LogP contribution in [0.1, 0.15) is 26.7 Å². The summed E-state index contributed by atoms with van der Waals surface area (Å²) in [6.07, 6.45) is 5.82. The molecule has 0 radical (unpaired) electrons. The fraction of sp³-hybridized carbons (Fsp3) is 0.800. The molecule has 0 aromatic heterocycles. The average molecular weight is 186 g/mol. The highest BCUT2D eigenvalue weighted by atomic mass is 16.7. The molecule has 13 heavy (non-hydrogen) atoms. The lowest BCUT2D eigenvalue weighted by Gasteiger charge is -2.16. The van der Waals surface area contributed by atoms with Gasteiger partial charge in [-0.3, -0.25) is 0 Å². The van der Waals surface area contributed by atoms with Gasteiger partial charge in [-0.1, -0.05) is 12.2 Å². The Kier molecular flexibility index (Phi) is 3.90. The van der Waals surface area contributed by atoms with Crippen molar-refractivity contribution >= 4 is 0 Å². The van der Waals surface area contributed by atoms with E-state index < -0.39 is 5.79 Å². The van der Waals surface area contributed by atoms with Crippen molar-refractivity contribution < 1.29 is 14.6 Å². The van der Waals surface area contributed by atoms with Gasteiger partial charge in [0, 0.05) is 0 Å². The maximum atomic E-state index is 8.50. The lowest BCUT2D eigenvalue weighted by molar-refractivity contribution is -0.138. The van der Waals surface area contributed by atoms with Gasteiger partial charge in [-0.15, -0.1) is 0 Å². The molecular weight excluding hydrogens is 168 g/mol. The average Bonchev–Trinajstić information content (AvgIpc) is 2.40. The second kappa shape index (κ2) is 4.74. The van der Waals surface area contributed by atoms with Crippen molar-refractivity contribution in [3.63, 3.8) is 0 Å². The lowest BCUT2D eigenvalue weighted by Crippen LogP contribution is -2.21. The summed E-state index contributed by atoms with van der Waals surface area (Å²) in [4.78, 5) is 0. The molecule has 3 heteroatoms. The molecular formula is C10H18O3. The highest BCUT2D eigenvalue weighted by Crippen LogP contribution is 2.24. The van der Waals surface area contributed by atoms with Crippen LogP contribution < -0.4 is 0 Å². The van der Waals surface area contributed by atoms with Crippen LogP contribution in [0.25, 0.3) is 0 Å². The van der Waals surface area contributed by atoms with Gasteiger partial charge in [-0.25, -0.2) is 0 Å². The van der Waals surface area contributed by atoms with Crippen LogP contribution in [0.4, 0.5) is 0 Å². The lowest BCUT2D eigenvalue weighted by atomic mass is 10.2. The Morgan fingerprint density at radius 2 is 2.23 bits per heavy atom. The Labute approximate surface area is 79.3 Å². The number of ether oxygens (including phenoxy) is 2. The van der Waals surface area contributed by atoms with Crippen LogP contribution in [-0.4, -0.2) is 30.2 Å². The van der Waals surface area contributed by atoms with Gasteiger partial charge in [-0.2, -0.15) is 0 Å². The molecule has 0 amide bonds. The summed E-state index contributed by atoms with van der Waals surface area (Å²) in [6, 6.07) is 0. The third-order valence-corrected chi connectivity index (χ3v) is 1.99. The van der Waals surface area contributed by atoms with E-state index in [-0.39, 0.29) is 12.7 Å². The van der Waals surface area contributed by atoms with E-state index in [1.165, 1.54) is 0 Å². The van der Waals surface area contributed by atoms with Gasteiger partial charge in [0.05, 0.1) is 19.3 Å². The molecule has 1 unspecified atom stereocenters. The molecule has 1 heterocycles. The van der Waals surface area contributed by atoms with Gasteiger partial charge in [0.15, 0.2) is 5.79 Å². The largest absolute Gasteiger partial charge is 0.392 e. The van der Waals surface area contributed by atoms with Gasteiger partial charge in [0.2, 0.25) is 0 Å². The van der Waals surface area contributed by atoms with Crippen molar-refractivity contribution in [2.24, 2.45) is 0 Å². The normalized spacial score (nSPS) is 27.2. The SMILES string of the molecule is CC1(C)OCC(CC/C=C/CO)O1. The van der Waals surface area contributed by atoms with Crippen molar-refractivity contribution in [3.05, 3.63) is 12.2 Å². The van der Waals surface area contributed by atoms with Gasteiger partial charge in [0.1, 0.15) is 0 Å². The van der Waals surface area contributed by atoms with Crippen LogP contribution >= 0.6 is 0 Å². The van der Waals surface area contributed by atoms with Crippen molar-refractivity contribution in [2.45, 2.75) is 38.6 Å². The minimum Gasteiger partial charge on any atom is -0.392 e. The number of allylic oxidation sites excluding steroid dienone is 1. The van der Waals surface area contributed by atoms with Crippen LogP contribution in [-0.2, 0) is 9.47 Å².